The summed E-state index contributed by atoms with van der Waals surface area (Å²) in [5.74, 6) is 4.04. The van der Waals surface area contributed by atoms with Crippen molar-refractivity contribution in [3.63, 3.8) is 0 Å². The van der Waals surface area contributed by atoms with Crippen LogP contribution in [0.15, 0.2) is 52.1 Å². The number of hydrogen-bond donors (Lipinski definition) is 2. The quantitative estimate of drug-likeness (QED) is 0.297. The Morgan fingerprint density at radius 1 is 1.14 bits per heavy atom. The summed E-state index contributed by atoms with van der Waals surface area (Å²) < 4.78 is 12.5. The molecule has 0 aliphatic rings. The molecule has 3 aromatic rings. The van der Waals surface area contributed by atoms with Gasteiger partial charge in [0.1, 0.15) is 17.3 Å². The maximum Gasteiger partial charge on any atom is 0.192 e. The molecule has 0 atom stereocenters. The number of rotatable bonds is 7. The molecule has 2 aromatic heterocycles. The molecule has 0 saturated carbocycles. The number of aliphatic imine (C=N–C) groups is 1. The van der Waals surface area contributed by atoms with E-state index >= 15 is 0 Å². The topological polar surface area (TPSA) is 89.5 Å². The number of hydrogen-bond acceptors (Lipinski definition) is 5. The summed E-state index contributed by atoms with van der Waals surface area (Å²) >= 11 is 0. The third kappa shape index (κ3) is 5.98. The van der Waals surface area contributed by atoms with Gasteiger partial charge in [-0.25, -0.2) is 4.99 Å². The van der Waals surface area contributed by atoms with Gasteiger partial charge in [-0.1, -0.05) is 12.1 Å². The van der Waals surface area contributed by atoms with Crippen molar-refractivity contribution in [3.05, 3.63) is 65.6 Å². The summed E-state index contributed by atoms with van der Waals surface area (Å²) in [6.45, 7) is 3.52. The van der Waals surface area contributed by atoms with Gasteiger partial charge in [0, 0.05) is 7.05 Å². The third-order valence-corrected chi connectivity index (χ3v) is 4.19. The van der Waals surface area contributed by atoms with Crippen molar-refractivity contribution >= 4 is 29.9 Å². The van der Waals surface area contributed by atoms with Crippen LogP contribution in [0.4, 0.5) is 0 Å². The van der Waals surface area contributed by atoms with Gasteiger partial charge in [-0.05, 0) is 36.8 Å². The minimum absolute atomic E-state index is 0. The first-order chi connectivity index (χ1) is 13.2. The Morgan fingerprint density at radius 2 is 1.89 bits per heavy atom. The van der Waals surface area contributed by atoms with Crippen molar-refractivity contribution in [2.75, 3.05) is 7.11 Å². The Labute approximate surface area is 181 Å². The molecule has 3 rings (SSSR count). The number of halogens is 1. The summed E-state index contributed by atoms with van der Waals surface area (Å²) in [6.07, 6.45) is 1.65. The lowest BCUT2D eigenvalue weighted by atomic mass is 10.2. The van der Waals surface area contributed by atoms with E-state index in [0.717, 1.165) is 28.7 Å². The van der Waals surface area contributed by atoms with Gasteiger partial charge in [-0.3, -0.25) is 0 Å². The number of methoxy groups -OCH3 is 1. The van der Waals surface area contributed by atoms with Crippen LogP contribution in [0.1, 0.15) is 23.0 Å². The highest BCUT2D eigenvalue weighted by atomic mass is 127. The van der Waals surface area contributed by atoms with Crippen LogP contribution in [0, 0.1) is 6.92 Å². The molecule has 8 nitrogen and oxygen atoms in total. The van der Waals surface area contributed by atoms with Gasteiger partial charge in [0.2, 0.25) is 0 Å². The molecule has 0 amide bonds. The summed E-state index contributed by atoms with van der Waals surface area (Å²) in [5.41, 5.74) is 1.09. The Kier molecular flexibility index (Phi) is 8.30. The van der Waals surface area contributed by atoms with E-state index in [0.29, 0.717) is 25.6 Å². The molecule has 0 spiro atoms. The molecule has 0 radical (unpaired) electrons. The maximum absolute atomic E-state index is 5.37. The highest BCUT2D eigenvalue weighted by Gasteiger charge is 2.07. The van der Waals surface area contributed by atoms with Gasteiger partial charge in [0.25, 0.3) is 0 Å². The number of furan rings is 1. The SMILES string of the molecule is COc1ccc(CN=C(NCc2ccco2)NCc2nnc(C)n2C)cc1.I. The number of guanidine groups is 1. The molecule has 0 aliphatic heterocycles. The lowest BCUT2D eigenvalue weighted by molar-refractivity contribution is 0.414. The molecule has 28 heavy (non-hydrogen) atoms. The Bertz CT molecular complexity index is 874. The van der Waals surface area contributed by atoms with Crippen LogP contribution in [-0.4, -0.2) is 27.8 Å². The van der Waals surface area contributed by atoms with Crippen molar-refractivity contribution in [1.29, 1.82) is 0 Å². The molecule has 2 N–H and O–H groups in total. The van der Waals surface area contributed by atoms with Crippen LogP contribution in [0.5, 0.6) is 5.75 Å². The smallest absolute Gasteiger partial charge is 0.192 e. The number of ether oxygens (including phenoxy) is 1. The van der Waals surface area contributed by atoms with E-state index in [4.69, 9.17) is 9.15 Å². The Hall–Kier alpha value is -2.56. The molecule has 150 valence electrons. The van der Waals surface area contributed by atoms with E-state index < -0.39 is 0 Å². The van der Waals surface area contributed by atoms with Gasteiger partial charge < -0.3 is 24.4 Å². The molecule has 0 saturated heterocycles. The highest BCUT2D eigenvalue weighted by molar-refractivity contribution is 14.0. The van der Waals surface area contributed by atoms with Crippen molar-refractivity contribution in [1.82, 2.24) is 25.4 Å². The van der Waals surface area contributed by atoms with Crippen LogP contribution in [0.25, 0.3) is 0 Å². The second-order valence-electron chi connectivity index (χ2n) is 6.02. The van der Waals surface area contributed by atoms with Gasteiger partial charge in [0.15, 0.2) is 11.8 Å². The lowest BCUT2D eigenvalue weighted by Gasteiger charge is -2.12. The van der Waals surface area contributed by atoms with Crippen LogP contribution in [-0.2, 0) is 26.7 Å². The van der Waals surface area contributed by atoms with Crippen molar-refractivity contribution in [3.8, 4) is 5.75 Å². The zero-order valence-electron chi connectivity index (χ0n) is 16.2. The van der Waals surface area contributed by atoms with Gasteiger partial charge >= 0.3 is 0 Å². The Balaban J connectivity index is 0.00000280. The molecule has 9 heteroatoms. The first kappa shape index (κ1) is 21.7. The summed E-state index contributed by atoms with van der Waals surface area (Å²) in [5, 5.41) is 14.8. The van der Waals surface area contributed by atoms with Gasteiger partial charge in [-0.2, -0.15) is 0 Å². The van der Waals surface area contributed by atoms with Crippen LogP contribution in [0.2, 0.25) is 0 Å². The highest BCUT2D eigenvalue weighted by Crippen LogP contribution is 2.12. The van der Waals surface area contributed by atoms with Gasteiger partial charge in [-0.15, -0.1) is 34.2 Å². The lowest BCUT2D eigenvalue weighted by Crippen LogP contribution is -2.37. The predicted molar refractivity (Wildman–Crippen MR) is 118 cm³/mol. The average Bonchev–Trinajstić information content (AvgIpc) is 3.33. The molecule has 0 fully saturated rings. The molecular formula is C19H25IN6O2. The number of nitrogens with one attached hydrogen (secondary N) is 2. The zero-order chi connectivity index (χ0) is 19.1. The van der Waals surface area contributed by atoms with E-state index in [2.05, 4.69) is 25.8 Å². The minimum atomic E-state index is 0. The molecular weight excluding hydrogens is 471 g/mol. The second kappa shape index (κ2) is 10.7. The average molecular weight is 496 g/mol. The maximum atomic E-state index is 5.37. The fourth-order valence-electron chi connectivity index (χ4n) is 2.43. The summed E-state index contributed by atoms with van der Waals surface area (Å²) in [4.78, 5) is 4.65. The standard InChI is InChI=1S/C19H24N6O2.HI/c1-14-23-24-18(25(14)2)13-22-19(21-12-17-5-4-10-27-17)20-11-15-6-8-16(26-3)9-7-15;/h4-10H,11-13H2,1-3H3,(H2,20,21,22);1H. The monoisotopic (exact) mass is 496 g/mol. The second-order valence-corrected chi connectivity index (χ2v) is 6.02. The zero-order valence-corrected chi connectivity index (χ0v) is 18.5. The predicted octanol–water partition coefficient (Wildman–Crippen LogP) is 2.78. The fraction of sp³-hybridized carbons (Fsp3) is 0.316. The fourth-order valence-corrected chi connectivity index (χ4v) is 2.43. The molecule has 0 bridgehead atoms. The Morgan fingerprint density at radius 3 is 2.50 bits per heavy atom. The third-order valence-electron chi connectivity index (χ3n) is 4.19. The number of nitrogens with zero attached hydrogens (tertiary/aromatic N) is 4. The van der Waals surface area contributed by atoms with Crippen molar-refractivity contribution < 1.29 is 9.15 Å². The molecule has 0 unspecified atom stereocenters. The van der Waals surface area contributed by atoms with Crippen molar-refractivity contribution in [2.45, 2.75) is 26.6 Å². The van der Waals surface area contributed by atoms with Crippen LogP contribution < -0.4 is 15.4 Å². The van der Waals surface area contributed by atoms with E-state index in [1.807, 2.05) is 54.9 Å². The van der Waals surface area contributed by atoms with E-state index in [-0.39, 0.29) is 24.0 Å². The van der Waals surface area contributed by atoms with Crippen LogP contribution in [0.3, 0.4) is 0 Å². The number of aryl methyl sites for hydroxylation is 1. The molecule has 1 aromatic carbocycles. The van der Waals surface area contributed by atoms with E-state index in [1.54, 1.807) is 13.4 Å². The van der Waals surface area contributed by atoms with E-state index in [1.165, 1.54) is 0 Å². The largest absolute Gasteiger partial charge is 0.497 e. The van der Waals surface area contributed by atoms with E-state index in [9.17, 15) is 0 Å². The summed E-state index contributed by atoms with van der Waals surface area (Å²) in [6, 6.07) is 11.6. The number of aromatic nitrogens is 3. The first-order valence-electron chi connectivity index (χ1n) is 8.68. The molecule has 2 heterocycles. The van der Waals surface area contributed by atoms with Gasteiger partial charge in [0.05, 0.1) is 33.0 Å². The van der Waals surface area contributed by atoms with Crippen molar-refractivity contribution in [2.24, 2.45) is 12.0 Å². The first-order valence-corrected chi connectivity index (χ1v) is 8.68. The molecule has 0 aliphatic carbocycles. The summed E-state index contributed by atoms with van der Waals surface area (Å²) in [7, 11) is 3.60. The van der Waals surface area contributed by atoms with Crippen LogP contribution >= 0.6 is 24.0 Å². The minimum Gasteiger partial charge on any atom is -0.497 e. The normalized spacial score (nSPS) is 11.0. The number of benzene rings is 1.